The summed E-state index contributed by atoms with van der Waals surface area (Å²) in [6.07, 6.45) is 1.98. The summed E-state index contributed by atoms with van der Waals surface area (Å²) in [6.45, 7) is 4.82. The molecule has 0 aliphatic heterocycles. The van der Waals surface area contributed by atoms with Gasteiger partial charge in [-0.25, -0.2) is 0 Å². The van der Waals surface area contributed by atoms with E-state index in [1.54, 1.807) is 12.1 Å². The first-order chi connectivity index (χ1) is 14.4. The van der Waals surface area contributed by atoms with E-state index in [0.29, 0.717) is 18.0 Å². The van der Waals surface area contributed by atoms with E-state index in [-0.39, 0.29) is 12.8 Å². The SMILES string of the molecule is CC(C)CCCN[C@@H](CCC(=O)NC(=O)c1ccc(-c2ccccc2)cc1)C(=O)O. The summed E-state index contributed by atoms with van der Waals surface area (Å²) in [6, 6.07) is 16.0. The number of aliphatic carboxylic acids is 1. The largest absolute Gasteiger partial charge is 0.480 e. The third-order valence-corrected chi connectivity index (χ3v) is 4.81. The van der Waals surface area contributed by atoms with E-state index in [0.717, 1.165) is 24.0 Å². The molecular formula is C24H30N2O4. The van der Waals surface area contributed by atoms with E-state index >= 15 is 0 Å². The Morgan fingerprint density at radius 1 is 0.900 bits per heavy atom. The van der Waals surface area contributed by atoms with E-state index in [2.05, 4.69) is 24.5 Å². The first-order valence-corrected chi connectivity index (χ1v) is 10.3. The maximum Gasteiger partial charge on any atom is 0.320 e. The van der Waals surface area contributed by atoms with Crippen LogP contribution < -0.4 is 10.6 Å². The Hall–Kier alpha value is -2.99. The number of imide groups is 1. The minimum atomic E-state index is -0.991. The maximum absolute atomic E-state index is 12.3. The lowest BCUT2D eigenvalue weighted by Crippen LogP contribution is -2.39. The predicted octanol–water partition coefficient (Wildman–Crippen LogP) is 3.87. The quantitative estimate of drug-likeness (QED) is 0.489. The fourth-order valence-corrected chi connectivity index (χ4v) is 3.08. The molecule has 0 saturated heterocycles. The second kappa shape index (κ2) is 11.9. The van der Waals surface area contributed by atoms with Crippen molar-refractivity contribution >= 4 is 17.8 Å². The fourth-order valence-electron chi connectivity index (χ4n) is 3.08. The van der Waals surface area contributed by atoms with E-state index in [9.17, 15) is 19.5 Å². The van der Waals surface area contributed by atoms with Crippen LogP contribution in [0.4, 0.5) is 0 Å². The molecule has 0 radical (unpaired) electrons. The van der Waals surface area contributed by atoms with Gasteiger partial charge < -0.3 is 10.4 Å². The zero-order valence-electron chi connectivity index (χ0n) is 17.6. The molecule has 6 nitrogen and oxygen atoms in total. The Balaban J connectivity index is 1.81. The van der Waals surface area contributed by atoms with Gasteiger partial charge in [-0.2, -0.15) is 0 Å². The molecule has 0 aliphatic rings. The lowest BCUT2D eigenvalue weighted by Gasteiger charge is -2.14. The number of carbonyl (C=O) groups excluding carboxylic acids is 2. The van der Waals surface area contributed by atoms with Crippen LogP contribution in [0.5, 0.6) is 0 Å². The van der Waals surface area contributed by atoms with E-state index in [1.807, 2.05) is 42.5 Å². The van der Waals surface area contributed by atoms with Crippen molar-refractivity contribution in [2.45, 2.75) is 45.6 Å². The summed E-state index contributed by atoms with van der Waals surface area (Å²) in [5, 5.41) is 14.6. The molecule has 0 aromatic heterocycles. The van der Waals surface area contributed by atoms with Crippen molar-refractivity contribution in [2.75, 3.05) is 6.54 Å². The molecule has 160 valence electrons. The van der Waals surface area contributed by atoms with Gasteiger partial charge in [0, 0.05) is 12.0 Å². The monoisotopic (exact) mass is 410 g/mol. The van der Waals surface area contributed by atoms with Gasteiger partial charge in [-0.3, -0.25) is 19.7 Å². The minimum Gasteiger partial charge on any atom is -0.480 e. The van der Waals surface area contributed by atoms with Crippen molar-refractivity contribution in [2.24, 2.45) is 5.92 Å². The Bertz CT molecular complexity index is 832. The number of hydrogen-bond donors (Lipinski definition) is 3. The Labute approximate surface area is 177 Å². The molecule has 0 spiro atoms. The number of hydrogen-bond acceptors (Lipinski definition) is 4. The fraction of sp³-hybridized carbons (Fsp3) is 0.375. The van der Waals surface area contributed by atoms with Gasteiger partial charge in [0.25, 0.3) is 5.91 Å². The third kappa shape index (κ3) is 7.79. The average Bonchev–Trinajstić information content (AvgIpc) is 2.73. The molecule has 2 aromatic carbocycles. The molecule has 0 bridgehead atoms. The summed E-state index contributed by atoms with van der Waals surface area (Å²) in [5.74, 6) is -1.40. The molecular weight excluding hydrogens is 380 g/mol. The molecule has 0 heterocycles. The van der Waals surface area contributed by atoms with Gasteiger partial charge in [0.2, 0.25) is 5.91 Å². The summed E-state index contributed by atoms with van der Waals surface area (Å²) in [5.41, 5.74) is 2.40. The third-order valence-electron chi connectivity index (χ3n) is 4.81. The summed E-state index contributed by atoms with van der Waals surface area (Å²) in [7, 11) is 0. The second-order valence-corrected chi connectivity index (χ2v) is 7.74. The van der Waals surface area contributed by atoms with Gasteiger partial charge in [0.1, 0.15) is 6.04 Å². The van der Waals surface area contributed by atoms with Crippen LogP contribution in [-0.2, 0) is 9.59 Å². The second-order valence-electron chi connectivity index (χ2n) is 7.74. The Morgan fingerprint density at radius 3 is 2.13 bits per heavy atom. The van der Waals surface area contributed by atoms with Crippen molar-refractivity contribution in [3.63, 3.8) is 0 Å². The standard InChI is InChI=1S/C24H30N2O4/c1-17(2)7-6-16-25-21(24(29)30)14-15-22(27)26-23(28)20-12-10-19(11-13-20)18-8-4-3-5-9-18/h3-5,8-13,17,21,25H,6-7,14-16H2,1-2H3,(H,29,30)(H,26,27,28)/t21-/m0/s1. The molecule has 2 amide bonds. The normalized spacial score (nSPS) is 11.8. The first kappa shape index (κ1) is 23.3. The Kier molecular flexibility index (Phi) is 9.22. The van der Waals surface area contributed by atoms with Crippen molar-refractivity contribution in [3.8, 4) is 11.1 Å². The number of amides is 2. The molecule has 3 N–H and O–H groups in total. The zero-order valence-corrected chi connectivity index (χ0v) is 17.6. The molecule has 30 heavy (non-hydrogen) atoms. The van der Waals surface area contributed by atoms with Crippen LogP contribution in [-0.4, -0.2) is 35.5 Å². The lowest BCUT2D eigenvalue weighted by atomic mass is 10.0. The smallest absolute Gasteiger partial charge is 0.320 e. The van der Waals surface area contributed by atoms with Gasteiger partial charge in [0.05, 0.1) is 0 Å². The number of carboxylic acid groups (broad SMARTS) is 1. The van der Waals surface area contributed by atoms with Crippen LogP contribution in [0.25, 0.3) is 11.1 Å². The van der Waals surface area contributed by atoms with Crippen LogP contribution >= 0.6 is 0 Å². The predicted molar refractivity (Wildman–Crippen MR) is 117 cm³/mol. The summed E-state index contributed by atoms with van der Waals surface area (Å²) >= 11 is 0. The summed E-state index contributed by atoms with van der Waals surface area (Å²) in [4.78, 5) is 35.8. The number of nitrogens with one attached hydrogen (secondary N) is 2. The van der Waals surface area contributed by atoms with E-state index in [1.165, 1.54) is 0 Å². The highest BCUT2D eigenvalue weighted by Crippen LogP contribution is 2.19. The average molecular weight is 411 g/mol. The molecule has 0 unspecified atom stereocenters. The highest BCUT2D eigenvalue weighted by atomic mass is 16.4. The van der Waals surface area contributed by atoms with Crippen LogP contribution in [0.15, 0.2) is 54.6 Å². The van der Waals surface area contributed by atoms with E-state index in [4.69, 9.17) is 0 Å². The van der Waals surface area contributed by atoms with Crippen LogP contribution in [0.1, 0.15) is 49.9 Å². The minimum absolute atomic E-state index is 0.0397. The topological polar surface area (TPSA) is 95.5 Å². The van der Waals surface area contributed by atoms with Gasteiger partial charge in [-0.15, -0.1) is 0 Å². The Morgan fingerprint density at radius 2 is 1.53 bits per heavy atom. The van der Waals surface area contributed by atoms with Gasteiger partial charge in [-0.1, -0.05) is 56.3 Å². The molecule has 0 saturated carbocycles. The van der Waals surface area contributed by atoms with Gasteiger partial charge >= 0.3 is 5.97 Å². The zero-order chi connectivity index (χ0) is 21.9. The number of benzene rings is 2. The van der Waals surface area contributed by atoms with Crippen molar-refractivity contribution in [1.29, 1.82) is 0 Å². The highest BCUT2D eigenvalue weighted by Gasteiger charge is 2.19. The number of rotatable bonds is 11. The highest BCUT2D eigenvalue weighted by molar-refractivity contribution is 6.04. The van der Waals surface area contributed by atoms with Crippen molar-refractivity contribution < 1.29 is 19.5 Å². The maximum atomic E-state index is 12.3. The number of carbonyl (C=O) groups is 3. The van der Waals surface area contributed by atoms with Gasteiger partial charge in [-0.05, 0) is 55.0 Å². The van der Waals surface area contributed by atoms with E-state index < -0.39 is 23.8 Å². The summed E-state index contributed by atoms with van der Waals surface area (Å²) < 4.78 is 0. The van der Waals surface area contributed by atoms with Crippen molar-refractivity contribution in [1.82, 2.24) is 10.6 Å². The molecule has 2 aromatic rings. The van der Waals surface area contributed by atoms with Crippen LogP contribution in [0, 0.1) is 5.92 Å². The van der Waals surface area contributed by atoms with Crippen LogP contribution in [0.2, 0.25) is 0 Å². The van der Waals surface area contributed by atoms with Crippen LogP contribution in [0.3, 0.4) is 0 Å². The van der Waals surface area contributed by atoms with Crippen molar-refractivity contribution in [3.05, 3.63) is 60.2 Å². The first-order valence-electron chi connectivity index (χ1n) is 10.3. The molecule has 2 rings (SSSR count). The molecule has 6 heteroatoms. The lowest BCUT2D eigenvalue weighted by molar-refractivity contribution is -0.139. The number of carboxylic acids is 1. The molecule has 0 fully saturated rings. The molecule has 0 aliphatic carbocycles. The van der Waals surface area contributed by atoms with Gasteiger partial charge in [0.15, 0.2) is 0 Å². The molecule has 1 atom stereocenters.